The number of aryl methyl sites for hydroxylation is 2. The maximum atomic E-state index is 11.5. The van der Waals surface area contributed by atoms with Crippen molar-refractivity contribution in [2.24, 2.45) is 0 Å². The minimum Gasteiger partial charge on any atom is -0.297 e. The first-order chi connectivity index (χ1) is 6.68. The van der Waals surface area contributed by atoms with Crippen molar-refractivity contribution in [2.75, 3.05) is 11.4 Å². The van der Waals surface area contributed by atoms with E-state index < -0.39 is 0 Å². The molecule has 0 saturated carbocycles. The number of amides is 1. The maximum Gasteiger partial charge on any atom is 0.228 e. The number of nitrogens with zero attached hydrogens (tertiary/aromatic N) is 2. The van der Waals surface area contributed by atoms with Gasteiger partial charge >= 0.3 is 0 Å². The predicted octanol–water partition coefficient (Wildman–Crippen LogP) is 1.83. The Morgan fingerprint density at radius 1 is 1.43 bits per heavy atom. The molecule has 3 nitrogen and oxygen atoms in total. The number of aromatic nitrogens is 1. The van der Waals surface area contributed by atoms with E-state index in [1.165, 1.54) is 0 Å². The van der Waals surface area contributed by atoms with Crippen molar-refractivity contribution >= 4 is 11.7 Å². The van der Waals surface area contributed by atoms with Gasteiger partial charge in [0.15, 0.2) is 0 Å². The van der Waals surface area contributed by atoms with Crippen molar-refractivity contribution in [3.05, 3.63) is 23.4 Å². The molecule has 0 bridgehead atoms. The number of pyridine rings is 1. The van der Waals surface area contributed by atoms with Crippen LogP contribution >= 0.6 is 0 Å². The van der Waals surface area contributed by atoms with E-state index in [0.29, 0.717) is 6.42 Å². The first-order valence-electron chi connectivity index (χ1n) is 4.92. The molecule has 2 rings (SSSR count). The van der Waals surface area contributed by atoms with Crippen LogP contribution in [-0.2, 0) is 4.79 Å². The second kappa shape index (κ2) is 3.40. The Hall–Kier alpha value is -1.38. The van der Waals surface area contributed by atoms with Crippen LogP contribution in [0, 0.1) is 13.8 Å². The number of carbonyl (C=O) groups is 1. The lowest BCUT2D eigenvalue weighted by Crippen LogP contribution is -2.25. The zero-order valence-electron chi connectivity index (χ0n) is 8.58. The minimum absolute atomic E-state index is 0.199. The van der Waals surface area contributed by atoms with Gasteiger partial charge in [0.05, 0.1) is 0 Å². The van der Waals surface area contributed by atoms with Gasteiger partial charge in [0, 0.05) is 19.2 Å². The summed E-state index contributed by atoms with van der Waals surface area (Å²) in [6.45, 7) is 4.83. The lowest BCUT2D eigenvalue weighted by Gasteiger charge is -2.16. The largest absolute Gasteiger partial charge is 0.297 e. The summed E-state index contributed by atoms with van der Waals surface area (Å²) in [6.07, 6.45) is 3.43. The molecule has 74 valence electrons. The Morgan fingerprint density at radius 2 is 2.21 bits per heavy atom. The molecule has 1 fully saturated rings. The van der Waals surface area contributed by atoms with E-state index in [1.807, 2.05) is 20.0 Å². The van der Waals surface area contributed by atoms with Gasteiger partial charge in [0.1, 0.15) is 5.82 Å². The number of carbonyl (C=O) groups excluding carboxylic acids is 1. The average molecular weight is 190 g/mol. The molecular formula is C11H14N2O. The number of anilines is 1. The van der Waals surface area contributed by atoms with E-state index in [4.69, 9.17) is 0 Å². The summed E-state index contributed by atoms with van der Waals surface area (Å²) >= 11 is 0. The molecule has 14 heavy (non-hydrogen) atoms. The van der Waals surface area contributed by atoms with Gasteiger partial charge < -0.3 is 0 Å². The van der Waals surface area contributed by atoms with E-state index in [1.54, 1.807) is 4.90 Å². The van der Waals surface area contributed by atoms with Crippen molar-refractivity contribution in [1.29, 1.82) is 0 Å². The fourth-order valence-electron chi connectivity index (χ4n) is 1.86. The van der Waals surface area contributed by atoms with Gasteiger partial charge in [-0.1, -0.05) is 6.07 Å². The van der Waals surface area contributed by atoms with E-state index >= 15 is 0 Å². The quantitative estimate of drug-likeness (QED) is 0.676. The van der Waals surface area contributed by atoms with Crippen LogP contribution in [0.5, 0.6) is 0 Å². The first-order valence-corrected chi connectivity index (χ1v) is 4.92. The SMILES string of the molecule is Cc1cnc(N2CCCC2=O)c(C)c1. The van der Waals surface area contributed by atoms with Gasteiger partial charge in [-0.05, 0) is 31.4 Å². The molecule has 0 radical (unpaired) electrons. The summed E-state index contributed by atoms with van der Waals surface area (Å²) in [5.41, 5.74) is 2.22. The fourth-order valence-corrected chi connectivity index (χ4v) is 1.86. The van der Waals surface area contributed by atoms with Crippen molar-refractivity contribution in [2.45, 2.75) is 26.7 Å². The molecule has 2 heterocycles. The van der Waals surface area contributed by atoms with Gasteiger partial charge in [-0.25, -0.2) is 4.98 Å². The summed E-state index contributed by atoms with van der Waals surface area (Å²) in [5, 5.41) is 0. The number of hydrogen-bond donors (Lipinski definition) is 0. The molecule has 1 aliphatic rings. The summed E-state index contributed by atoms with van der Waals surface area (Å²) < 4.78 is 0. The molecule has 0 aliphatic carbocycles. The summed E-state index contributed by atoms with van der Waals surface area (Å²) in [4.78, 5) is 17.6. The molecule has 0 N–H and O–H groups in total. The highest BCUT2D eigenvalue weighted by Gasteiger charge is 2.23. The second-order valence-corrected chi connectivity index (χ2v) is 3.80. The molecule has 1 amide bonds. The molecule has 0 spiro atoms. The lowest BCUT2D eigenvalue weighted by molar-refractivity contribution is -0.117. The van der Waals surface area contributed by atoms with Gasteiger partial charge in [-0.15, -0.1) is 0 Å². The Labute approximate surface area is 83.8 Å². The van der Waals surface area contributed by atoms with E-state index in [9.17, 15) is 4.79 Å². The third-order valence-corrected chi connectivity index (χ3v) is 2.52. The van der Waals surface area contributed by atoms with Gasteiger partial charge in [0.2, 0.25) is 5.91 Å². The highest BCUT2D eigenvalue weighted by atomic mass is 16.2. The molecule has 1 aromatic rings. The highest BCUT2D eigenvalue weighted by molar-refractivity contribution is 5.94. The van der Waals surface area contributed by atoms with Crippen LogP contribution in [0.2, 0.25) is 0 Å². The molecule has 1 aromatic heterocycles. The van der Waals surface area contributed by atoms with Crippen LogP contribution < -0.4 is 4.90 Å². The van der Waals surface area contributed by atoms with Crippen LogP contribution in [0.4, 0.5) is 5.82 Å². The summed E-state index contributed by atoms with van der Waals surface area (Å²) in [7, 11) is 0. The van der Waals surface area contributed by atoms with Crippen molar-refractivity contribution in [3.63, 3.8) is 0 Å². The van der Waals surface area contributed by atoms with Gasteiger partial charge in [0.25, 0.3) is 0 Å². The van der Waals surface area contributed by atoms with Crippen molar-refractivity contribution in [3.8, 4) is 0 Å². The fraction of sp³-hybridized carbons (Fsp3) is 0.455. The molecule has 0 aromatic carbocycles. The molecule has 0 atom stereocenters. The van der Waals surface area contributed by atoms with Gasteiger partial charge in [-0.2, -0.15) is 0 Å². The van der Waals surface area contributed by atoms with E-state index in [-0.39, 0.29) is 5.91 Å². The zero-order valence-corrected chi connectivity index (χ0v) is 8.58. The average Bonchev–Trinajstić information content (AvgIpc) is 2.52. The third kappa shape index (κ3) is 1.50. The smallest absolute Gasteiger partial charge is 0.228 e. The Balaban J connectivity index is 2.36. The molecule has 1 saturated heterocycles. The van der Waals surface area contributed by atoms with E-state index in [0.717, 1.165) is 29.9 Å². The number of hydrogen-bond acceptors (Lipinski definition) is 2. The van der Waals surface area contributed by atoms with Crippen LogP contribution in [0.3, 0.4) is 0 Å². The van der Waals surface area contributed by atoms with E-state index in [2.05, 4.69) is 11.1 Å². The van der Waals surface area contributed by atoms with Gasteiger partial charge in [-0.3, -0.25) is 9.69 Å². The van der Waals surface area contributed by atoms with Crippen LogP contribution in [0.25, 0.3) is 0 Å². The topological polar surface area (TPSA) is 33.2 Å². The monoisotopic (exact) mass is 190 g/mol. The van der Waals surface area contributed by atoms with Crippen LogP contribution in [0.15, 0.2) is 12.3 Å². The summed E-state index contributed by atoms with van der Waals surface area (Å²) in [5.74, 6) is 1.03. The molecule has 3 heteroatoms. The summed E-state index contributed by atoms with van der Waals surface area (Å²) in [6, 6.07) is 2.06. The zero-order chi connectivity index (χ0) is 10.1. The maximum absolute atomic E-state index is 11.5. The number of rotatable bonds is 1. The lowest BCUT2D eigenvalue weighted by atomic mass is 10.2. The third-order valence-electron chi connectivity index (χ3n) is 2.52. The highest BCUT2D eigenvalue weighted by Crippen LogP contribution is 2.22. The Morgan fingerprint density at radius 3 is 2.79 bits per heavy atom. The van der Waals surface area contributed by atoms with Crippen molar-refractivity contribution < 1.29 is 4.79 Å². The Kier molecular flexibility index (Phi) is 2.23. The minimum atomic E-state index is 0.199. The molecule has 1 aliphatic heterocycles. The Bertz CT molecular complexity index is 374. The van der Waals surface area contributed by atoms with Crippen LogP contribution in [-0.4, -0.2) is 17.4 Å². The second-order valence-electron chi connectivity index (χ2n) is 3.80. The van der Waals surface area contributed by atoms with Crippen LogP contribution in [0.1, 0.15) is 24.0 Å². The standard InChI is InChI=1S/C11H14N2O/c1-8-6-9(2)11(12-7-8)13-5-3-4-10(13)14/h6-7H,3-5H2,1-2H3. The molecule has 0 unspecified atom stereocenters. The first kappa shape index (κ1) is 9.19. The predicted molar refractivity (Wildman–Crippen MR) is 55.3 cm³/mol. The molecular weight excluding hydrogens is 176 g/mol. The van der Waals surface area contributed by atoms with Crippen molar-refractivity contribution in [1.82, 2.24) is 4.98 Å². The normalized spacial score (nSPS) is 16.4.